The molecule has 0 aliphatic carbocycles. The molecular formula is C21H38N2O7Si2. The van der Waals surface area contributed by atoms with Crippen molar-refractivity contribution >= 4 is 17.1 Å². The van der Waals surface area contributed by atoms with E-state index in [1.54, 1.807) is 0 Å². The Morgan fingerprint density at radius 1 is 0.969 bits per heavy atom. The molecule has 2 aliphatic heterocycles. The molecule has 0 saturated carbocycles. The predicted molar refractivity (Wildman–Crippen MR) is 125 cm³/mol. The number of hydrogen-bond donors (Lipinski definition) is 3. The van der Waals surface area contributed by atoms with E-state index in [0.29, 0.717) is 0 Å². The number of rotatable bonds is 5. The zero-order valence-electron chi connectivity index (χ0n) is 20.3. The number of aromatic nitrogens is 2. The van der Waals surface area contributed by atoms with Crippen molar-refractivity contribution in [2.24, 2.45) is 0 Å². The summed E-state index contributed by atoms with van der Waals surface area (Å²) in [5.74, 6) is 0. The molecule has 0 radical (unpaired) electrons. The number of H-pyrrole nitrogens is 2. The van der Waals surface area contributed by atoms with Crippen LogP contribution in [-0.2, 0) is 17.7 Å². The Bertz CT molecular complexity index is 898. The van der Waals surface area contributed by atoms with E-state index in [1.165, 1.54) is 6.20 Å². The average molecular weight is 487 g/mol. The maximum atomic E-state index is 12.4. The van der Waals surface area contributed by atoms with Gasteiger partial charge in [-0.2, -0.15) is 0 Å². The third-order valence-corrected chi connectivity index (χ3v) is 17.1. The summed E-state index contributed by atoms with van der Waals surface area (Å²) in [6.07, 6.45) is -2.00. The largest absolute Gasteiger partial charge is 0.414 e. The SMILES string of the molecule is CC(C)[Si]1(C(C)C)OC[C@@H]2O[C@@H](c3c[nH]c(=O)[nH]c3=O)[C@@H](O)C2O[Si](C(C)C)(C(C)C)O1. The van der Waals surface area contributed by atoms with E-state index in [4.69, 9.17) is 17.7 Å². The van der Waals surface area contributed by atoms with Crippen molar-refractivity contribution in [3.63, 3.8) is 0 Å². The Hall–Kier alpha value is -1.09. The molecule has 3 heterocycles. The van der Waals surface area contributed by atoms with E-state index in [1.807, 2.05) is 0 Å². The number of aliphatic hydroxyl groups is 1. The van der Waals surface area contributed by atoms with E-state index in [9.17, 15) is 14.7 Å². The fourth-order valence-corrected chi connectivity index (χ4v) is 16.3. The van der Waals surface area contributed by atoms with Crippen LogP contribution in [0.25, 0.3) is 0 Å². The van der Waals surface area contributed by atoms with Crippen LogP contribution in [0.15, 0.2) is 15.8 Å². The first-order chi connectivity index (χ1) is 14.9. The molecule has 0 aromatic carbocycles. The molecule has 4 atom stereocenters. The molecule has 0 spiro atoms. The topological polar surface area (TPSA) is 123 Å². The van der Waals surface area contributed by atoms with Crippen molar-refractivity contribution in [2.75, 3.05) is 6.61 Å². The summed E-state index contributed by atoms with van der Waals surface area (Å²) in [5.41, 5.74) is -0.443. The van der Waals surface area contributed by atoms with Crippen molar-refractivity contribution in [3.05, 3.63) is 32.6 Å². The van der Waals surface area contributed by atoms with Crippen LogP contribution in [0.2, 0.25) is 22.2 Å². The normalized spacial score (nSPS) is 30.0. The van der Waals surface area contributed by atoms with Crippen LogP contribution in [-0.4, -0.2) is 57.1 Å². The number of fused-ring (bicyclic) bond motifs is 1. The quantitative estimate of drug-likeness (QED) is 0.547. The molecular weight excluding hydrogens is 448 g/mol. The molecule has 2 saturated heterocycles. The number of aromatic amines is 2. The second-order valence-corrected chi connectivity index (χ2v) is 19.0. The van der Waals surface area contributed by atoms with E-state index in [2.05, 4.69) is 65.4 Å². The standard InChI is InChI=1S/C21H38N2O7Si2/c1-11(2)31(12(3)4)27-10-16-19(29-32(30-31,13(5)6)14(7)8)17(24)18(28-16)15-9-22-21(26)23-20(15)25/h9,11-14,16-19,24H,10H2,1-8H3,(H2,22,23,25,26)/t16-,17+,18-,19?/m0/s1. The molecule has 3 rings (SSSR count). The summed E-state index contributed by atoms with van der Waals surface area (Å²) in [4.78, 5) is 28.5. The van der Waals surface area contributed by atoms with Gasteiger partial charge in [-0.3, -0.25) is 9.78 Å². The van der Waals surface area contributed by atoms with Gasteiger partial charge in [-0.05, 0) is 22.2 Å². The van der Waals surface area contributed by atoms with Gasteiger partial charge in [0.15, 0.2) is 0 Å². The van der Waals surface area contributed by atoms with Gasteiger partial charge in [0.2, 0.25) is 0 Å². The maximum absolute atomic E-state index is 12.4. The highest BCUT2D eigenvalue weighted by molar-refractivity contribution is 6.83. The first-order valence-electron chi connectivity index (χ1n) is 11.5. The molecule has 3 N–H and O–H groups in total. The molecule has 32 heavy (non-hydrogen) atoms. The molecule has 11 heteroatoms. The minimum absolute atomic E-state index is 0.108. The van der Waals surface area contributed by atoms with Crippen LogP contribution in [0.1, 0.15) is 67.1 Å². The van der Waals surface area contributed by atoms with Gasteiger partial charge >= 0.3 is 22.8 Å². The lowest BCUT2D eigenvalue weighted by Crippen LogP contribution is -2.65. The van der Waals surface area contributed by atoms with Crippen molar-refractivity contribution in [1.82, 2.24) is 9.97 Å². The molecule has 2 aliphatic rings. The van der Waals surface area contributed by atoms with Crippen LogP contribution in [0.4, 0.5) is 0 Å². The second kappa shape index (κ2) is 9.28. The van der Waals surface area contributed by atoms with Crippen molar-refractivity contribution in [3.8, 4) is 0 Å². The molecule has 1 unspecified atom stereocenters. The van der Waals surface area contributed by atoms with Gasteiger partial charge in [0, 0.05) is 6.20 Å². The number of aliphatic hydroxyl groups excluding tert-OH is 1. The summed E-state index contributed by atoms with van der Waals surface area (Å²) in [6, 6.07) is 0. The Morgan fingerprint density at radius 3 is 2.03 bits per heavy atom. The number of nitrogens with one attached hydrogen (secondary N) is 2. The Kier molecular flexibility index (Phi) is 7.40. The molecule has 1 aromatic rings. The van der Waals surface area contributed by atoms with Gasteiger partial charge in [0.05, 0.1) is 12.2 Å². The van der Waals surface area contributed by atoms with Gasteiger partial charge in [-0.25, -0.2) is 4.79 Å². The Balaban J connectivity index is 2.08. The first kappa shape index (κ1) is 25.5. The average Bonchev–Trinajstić information content (AvgIpc) is 2.96. The third kappa shape index (κ3) is 4.24. The van der Waals surface area contributed by atoms with Crippen LogP contribution < -0.4 is 11.2 Å². The van der Waals surface area contributed by atoms with Gasteiger partial charge in [0.1, 0.15) is 24.4 Å². The molecule has 2 fully saturated rings. The van der Waals surface area contributed by atoms with Gasteiger partial charge in [0.25, 0.3) is 5.56 Å². The minimum atomic E-state index is -2.91. The van der Waals surface area contributed by atoms with Gasteiger partial charge < -0.3 is 27.8 Å². The third-order valence-electron chi connectivity index (χ3n) is 6.82. The van der Waals surface area contributed by atoms with E-state index < -0.39 is 52.8 Å². The summed E-state index contributed by atoms with van der Waals surface area (Å²) < 4.78 is 26.7. The lowest BCUT2D eigenvalue weighted by atomic mass is 10.0. The highest BCUT2D eigenvalue weighted by Gasteiger charge is 2.61. The Morgan fingerprint density at radius 2 is 1.53 bits per heavy atom. The minimum Gasteiger partial charge on any atom is -0.414 e. The maximum Gasteiger partial charge on any atom is 0.335 e. The fraction of sp³-hybridized carbons (Fsp3) is 0.810. The second-order valence-electron chi connectivity index (χ2n) is 10.2. The van der Waals surface area contributed by atoms with Crippen LogP contribution in [0.5, 0.6) is 0 Å². The molecule has 0 amide bonds. The zero-order chi connectivity index (χ0) is 24.0. The predicted octanol–water partition coefficient (Wildman–Crippen LogP) is 2.82. The summed E-state index contributed by atoms with van der Waals surface area (Å²) in [5, 5.41) is 11.2. The highest BCUT2D eigenvalue weighted by atomic mass is 28.5. The zero-order valence-corrected chi connectivity index (χ0v) is 22.3. The van der Waals surface area contributed by atoms with Gasteiger partial charge in [-0.15, -0.1) is 0 Å². The smallest absolute Gasteiger partial charge is 0.335 e. The monoisotopic (exact) mass is 486 g/mol. The Labute approximate surface area is 191 Å². The number of hydrogen-bond acceptors (Lipinski definition) is 7. The molecule has 182 valence electrons. The van der Waals surface area contributed by atoms with Crippen molar-refractivity contribution in [2.45, 2.75) is 102 Å². The van der Waals surface area contributed by atoms with E-state index in [0.717, 1.165) is 0 Å². The molecule has 1 aromatic heterocycles. The van der Waals surface area contributed by atoms with Crippen molar-refractivity contribution < 1.29 is 22.8 Å². The van der Waals surface area contributed by atoms with Crippen LogP contribution >= 0.6 is 0 Å². The number of ether oxygens (including phenoxy) is 1. The summed E-state index contributed by atoms with van der Waals surface area (Å²) in [6.45, 7) is 17.2. The van der Waals surface area contributed by atoms with Gasteiger partial charge in [-0.1, -0.05) is 55.4 Å². The summed E-state index contributed by atoms with van der Waals surface area (Å²) in [7, 11) is -5.63. The fourth-order valence-electron chi connectivity index (χ4n) is 5.05. The molecule has 0 bridgehead atoms. The lowest BCUT2D eigenvalue weighted by Gasteiger charge is -2.51. The first-order valence-corrected chi connectivity index (χ1v) is 15.5. The molecule has 9 nitrogen and oxygen atoms in total. The lowest BCUT2D eigenvalue weighted by molar-refractivity contribution is -0.0393. The van der Waals surface area contributed by atoms with Crippen LogP contribution in [0.3, 0.4) is 0 Å². The van der Waals surface area contributed by atoms with Crippen LogP contribution in [0, 0.1) is 0 Å². The van der Waals surface area contributed by atoms with Crippen molar-refractivity contribution in [1.29, 1.82) is 0 Å². The van der Waals surface area contributed by atoms with E-state index >= 15 is 0 Å². The summed E-state index contributed by atoms with van der Waals surface area (Å²) >= 11 is 0. The highest BCUT2D eigenvalue weighted by Crippen LogP contribution is 2.48. The van der Waals surface area contributed by atoms with E-state index in [-0.39, 0.29) is 34.3 Å².